The molecular formula is C29H24ClF3N4O. The summed E-state index contributed by atoms with van der Waals surface area (Å²) in [6.45, 7) is 3.65. The molecule has 9 heteroatoms. The maximum Gasteiger partial charge on any atom is 0.417 e. The number of nitriles is 1. The molecule has 4 rings (SSSR count). The van der Waals surface area contributed by atoms with Crippen LogP contribution in [0.1, 0.15) is 53.5 Å². The molecule has 0 bridgehead atoms. The van der Waals surface area contributed by atoms with Crippen molar-refractivity contribution >= 4 is 11.6 Å². The second-order valence-electron chi connectivity index (χ2n) is 8.89. The summed E-state index contributed by atoms with van der Waals surface area (Å²) in [4.78, 5) is 22.3. The highest BCUT2D eigenvalue weighted by atomic mass is 35.5. The van der Waals surface area contributed by atoms with Crippen molar-refractivity contribution in [3.63, 3.8) is 0 Å². The molecule has 0 saturated heterocycles. The Bertz CT molecular complexity index is 1570. The van der Waals surface area contributed by atoms with Gasteiger partial charge in [-0.05, 0) is 48.6 Å². The van der Waals surface area contributed by atoms with Gasteiger partial charge in [0.2, 0.25) is 0 Å². The summed E-state index contributed by atoms with van der Waals surface area (Å²) < 4.78 is 40.5. The van der Waals surface area contributed by atoms with Crippen LogP contribution in [0.3, 0.4) is 0 Å². The standard InChI is InChI=1S/C29H24ClF3N4O/c1-3-4-9-26-24(14-19-10-12-20(13-11-19)23-8-6-5-7-21(23)16-34)28(38)37(18(2)36-26)27-25(30)15-22(17-35-27)29(31,32)33/h5-8,10-13,15,17H,3-4,9,14H2,1-2H3. The Hall–Kier alpha value is -3.96. The number of nitrogens with zero attached hydrogens (tertiary/aromatic N) is 4. The van der Waals surface area contributed by atoms with Gasteiger partial charge in [-0.15, -0.1) is 0 Å². The Balaban J connectivity index is 1.77. The van der Waals surface area contributed by atoms with Gasteiger partial charge >= 0.3 is 6.18 Å². The third kappa shape index (κ3) is 5.63. The maximum absolute atomic E-state index is 13.8. The molecule has 0 aliphatic heterocycles. The van der Waals surface area contributed by atoms with Gasteiger partial charge in [0.1, 0.15) is 5.82 Å². The first kappa shape index (κ1) is 27.1. The Morgan fingerprint density at radius 1 is 1.11 bits per heavy atom. The molecule has 0 aliphatic carbocycles. The number of halogens is 4. The van der Waals surface area contributed by atoms with E-state index in [0.717, 1.165) is 35.6 Å². The smallest absolute Gasteiger partial charge is 0.268 e. The fourth-order valence-corrected chi connectivity index (χ4v) is 4.54. The fourth-order valence-electron chi connectivity index (χ4n) is 4.29. The van der Waals surface area contributed by atoms with Gasteiger partial charge in [0.05, 0.1) is 27.9 Å². The molecule has 5 nitrogen and oxygen atoms in total. The minimum absolute atomic E-state index is 0.0959. The lowest BCUT2D eigenvalue weighted by molar-refractivity contribution is -0.137. The van der Waals surface area contributed by atoms with Crippen LogP contribution in [-0.4, -0.2) is 14.5 Å². The Labute approximate surface area is 223 Å². The van der Waals surface area contributed by atoms with E-state index < -0.39 is 17.3 Å². The highest BCUT2D eigenvalue weighted by Crippen LogP contribution is 2.32. The quantitative estimate of drug-likeness (QED) is 0.253. The lowest BCUT2D eigenvalue weighted by Crippen LogP contribution is -2.29. The van der Waals surface area contributed by atoms with Gasteiger partial charge in [0.15, 0.2) is 5.82 Å². The van der Waals surface area contributed by atoms with Crippen LogP contribution in [-0.2, 0) is 19.0 Å². The number of hydrogen-bond donors (Lipinski definition) is 0. The highest BCUT2D eigenvalue weighted by Gasteiger charge is 2.32. The van der Waals surface area contributed by atoms with Gasteiger partial charge in [-0.3, -0.25) is 4.79 Å². The summed E-state index contributed by atoms with van der Waals surface area (Å²) in [7, 11) is 0. The Morgan fingerprint density at radius 3 is 2.45 bits per heavy atom. The lowest BCUT2D eigenvalue weighted by atomic mass is 9.97. The van der Waals surface area contributed by atoms with Crippen molar-refractivity contribution in [3.8, 4) is 23.0 Å². The Kier molecular flexibility index (Phi) is 7.98. The molecule has 38 heavy (non-hydrogen) atoms. The van der Waals surface area contributed by atoms with Gasteiger partial charge in [-0.25, -0.2) is 14.5 Å². The number of pyridine rings is 1. The van der Waals surface area contributed by atoms with Crippen molar-refractivity contribution in [2.75, 3.05) is 0 Å². The summed E-state index contributed by atoms with van der Waals surface area (Å²) in [6.07, 6.45) is -1.36. The molecule has 2 heterocycles. The van der Waals surface area contributed by atoms with Crippen LogP contribution in [0.4, 0.5) is 13.2 Å². The van der Waals surface area contributed by atoms with Gasteiger partial charge < -0.3 is 0 Å². The largest absolute Gasteiger partial charge is 0.417 e. The van der Waals surface area contributed by atoms with Gasteiger partial charge in [0, 0.05) is 18.2 Å². The van der Waals surface area contributed by atoms with E-state index in [2.05, 4.69) is 16.0 Å². The first-order valence-electron chi connectivity index (χ1n) is 12.1. The second-order valence-corrected chi connectivity index (χ2v) is 9.29. The Morgan fingerprint density at radius 2 is 1.82 bits per heavy atom. The molecule has 0 fully saturated rings. The molecular weight excluding hydrogens is 513 g/mol. The molecule has 0 spiro atoms. The molecule has 0 radical (unpaired) electrons. The van der Waals surface area contributed by atoms with E-state index in [-0.39, 0.29) is 17.3 Å². The van der Waals surface area contributed by atoms with Crippen LogP contribution >= 0.6 is 11.6 Å². The number of rotatable bonds is 7. The molecule has 0 amide bonds. The molecule has 0 aliphatic rings. The van der Waals surface area contributed by atoms with Crippen LogP contribution in [0.5, 0.6) is 0 Å². The molecule has 4 aromatic rings. The van der Waals surface area contributed by atoms with Gasteiger partial charge in [0.25, 0.3) is 5.56 Å². The number of benzene rings is 2. The third-order valence-corrected chi connectivity index (χ3v) is 6.53. The van der Waals surface area contributed by atoms with E-state index in [1.54, 1.807) is 19.1 Å². The van der Waals surface area contributed by atoms with Gasteiger partial charge in [-0.1, -0.05) is 67.4 Å². The zero-order valence-electron chi connectivity index (χ0n) is 20.8. The second kappa shape index (κ2) is 11.2. The van der Waals surface area contributed by atoms with Crippen molar-refractivity contribution in [1.82, 2.24) is 14.5 Å². The van der Waals surface area contributed by atoms with E-state index in [1.807, 2.05) is 43.3 Å². The molecule has 194 valence electrons. The highest BCUT2D eigenvalue weighted by molar-refractivity contribution is 6.32. The average molecular weight is 537 g/mol. The molecule has 0 atom stereocenters. The lowest BCUT2D eigenvalue weighted by Gasteiger charge is -2.17. The van der Waals surface area contributed by atoms with Gasteiger partial charge in [-0.2, -0.15) is 18.4 Å². The van der Waals surface area contributed by atoms with Crippen molar-refractivity contribution in [2.24, 2.45) is 0 Å². The van der Waals surface area contributed by atoms with Crippen LogP contribution in [0.25, 0.3) is 16.9 Å². The fraction of sp³-hybridized carbons (Fsp3) is 0.241. The van der Waals surface area contributed by atoms with E-state index in [1.165, 1.54) is 4.57 Å². The van der Waals surface area contributed by atoms with Crippen LogP contribution in [0, 0.1) is 18.3 Å². The molecule has 0 N–H and O–H groups in total. The summed E-state index contributed by atoms with van der Waals surface area (Å²) in [6, 6.07) is 17.8. The van der Waals surface area contributed by atoms with Crippen molar-refractivity contribution < 1.29 is 13.2 Å². The van der Waals surface area contributed by atoms with E-state index in [9.17, 15) is 23.2 Å². The minimum atomic E-state index is -4.61. The summed E-state index contributed by atoms with van der Waals surface area (Å²) in [5, 5.41) is 9.12. The first-order valence-corrected chi connectivity index (χ1v) is 12.4. The van der Waals surface area contributed by atoms with Crippen molar-refractivity contribution in [3.05, 3.63) is 110 Å². The zero-order chi connectivity index (χ0) is 27.4. The van der Waals surface area contributed by atoms with E-state index >= 15 is 0 Å². The zero-order valence-corrected chi connectivity index (χ0v) is 21.6. The number of hydrogen-bond acceptors (Lipinski definition) is 4. The van der Waals surface area contributed by atoms with Crippen LogP contribution < -0.4 is 5.56 Å². The minimum Gasteiger partial charge on any atom is -0.268 e. The number of alkyl halides is 3. The predicted molar refractivity (Wildman–Crippen MR) is 140 cm³/mol. The monoisotopic (exact) mass is 536 g/mol. The topological polar surface area (TPSA) is 71.6 Å². The number of aryl methyl sites for hydroxylation is 2. The first-order chi connectivity index (χ1) is 18.1. The normalized spacial score (nSPS) is 11.4. The van der Waals surface area contributed by atoms with E-state index in [0.29, 0.717) is 35.3 Å². The van der Waals surface area contributed by atoms with E-state index in [4.69, 9.17) is 11.6 Å². The summed E-state index contributed by atoms with van der Waals surface area (Å²) in [5.74, 6) is 0.198. The number of aromatic nitrogens is 3. The average Bonchev–Trinajstić information content (AvgIpc) is 2.90. The predicted octanol–water partition coefficient (Wildman–Crippen LogP) is 7.08. The van der Waals surface area contributed by atoms with Crippen LogP contribution in [0.15, 0.2) is 65.6 Å². The molecule has 2 aromatic heterocycles. The van der Waals surface area contributed by atoms with Crippen LogP contribution in [0.2, 0.25) is 5.02 Å². The number of unbranched alkanes of at least 4 members (excludes halogenated alkanes) is 1. The molecule has 0 unspecified atom stereocenters. The maximum atomic E-state index is 13.8. The third-order valence-electron chi connectivity index (χ3n) is 6.25. The summed E-state index contributed by atoms with van der Waals surface area (Å²) >= 11 is 6.18. The SMILES string of the molecule is CCCCc1nc(C)n(-c2ncc(C(F)(F)F)cc2Cl)c(=O)c1Cc1ccc(-c2ccccc2C#N)cc1. The molecule has 2 aromatic carbocycles. The summed E-state index contributed by atoms with van der Waals surface area (Å²) in [5.41, 5.74) is 2.76. The van der Waals surface area contributed by atoms with Crippen molar-refractivity contribution in [1.29, 1.82) is 5.26 Å². The van der Waals surface area contributed by atoms with Crippen molar-refractivity contribution in [2.45, 2.75) is 45.7 Å². The molecule has 0 saturated carbocycles.